The summed E-state index contributed by atoms with van der Waals surface area (Å²) in [4.78, 5) is 0. The Labute approximate surface area is 116 Å². The molecule has 2 nitrogen and oxygen atoms in total. The highest BCUT2D eigenvalue weighted by molar-refractivity contribution is 6.30. The van der Waals surface area contributed by atoms with Gasteiger partial charge in [0.2, 0.25) is 0 Å². The van der Waals surface area contributed by atoms with Gasteiger partial charge >= 0.3 is 0 Å². The summed E-state index contributed by atoms with van der Waals surface area (Å²) in [6.45, 7) is 1.87. The van der Waals surface area contributed by atoms with E-state index in [2.05, 4.69) is 5.32 Å². The van der Waals surface area contributed by atoms with Crippen LogP contribution in [0.4, 0.5) is 10.1 Å². The minimum absolute atomic E-state index is 0.189. The van der Waals surface area contributed by atoms with Crippen molar-refractivity contribution in [2.75, 3.05) is 11.9 Å². The lowest BCUT2D eigenvalue weighted by molar-refractivity contribution is 0.0715. The highest BCUT2D eigenvalue weighted by atomic mass is 35.5. The van der Waals surface area contributed by atoms with E-state index in [1.165, 1.54) is 18.2 Å². The highest BCUT2D eigenvalue weighted by Gasteiger charge is 2.22. The average molecular weight is 280 g/mol. The average Bonchev–Trinajstić information content (AvgIpc) is 2.41. The van der Waals surface area contributed by atoms with E-state index < -0.39 is 11.4 Å². The van der Waals surface area contributed by atoms with Crippen molar-refractivity contribution in [2.24, 2.45) is 0 Å². The summed E-state index contributed by atoms with van der Waals surface area (Å²) >= 11 is 5.81. The van der Waals surface area contributed by atoms with Gasteiger partial charge in [0.15, 0.2) is 0 Å². The summed E-state index contributed by atoms with van der Waals surface area (Å²) in [7, 11) is 0. The largest absolute Gasteiger partial charge is 0.384 e. The van der Waals surface area contributed by atoms with Crippen LogP contribution in [0.3, 0.4) is 0 Å². The quantitative estimate of drug-likeness (QED) is 0.892. The first-order chi connectivity index (χ1) is 8.99. The molecule has 1 atom stereocenters. The van der Waals surface area contributed by atoms with Gasteiger partial charge in [0.25, 0.3) is 0 Å². The minimum atomic E-state index is -1.09. The Hall–Kier alpha value is -1.58. The number of aliphatic hydroxyl groups is 1. The highest BCUT2D eigenvalue weighted by Crippen LogP contribution is 2.24. The predicted octanol–water partition coefficient (Wildman–Crippen LogP) is 3.80. The van der Waals surface area contributed by atoms with Crippen molar-refractivity contribution in [1.29, 1.82) is 0 Å². The molecule has 1 unspecified atom stereocenters. The molecule has 100 valence electrons. The van der Waals surface area contributed by atoms with Gasteiger partial charge in [-0.25, -0.2) is 4.39 Å². The van der Waals surface area contributed by atoms with E-state index in [9.17, 15) is 9.50 Å². The topological polar surface area (TPSA) is 32.3 Å². The van der Waals surface area contributed by atoms with Crippen LogP contribution in [0, 0.1) is 5.82 Å². The van der Waals surface area contributed by atoms with Crippen LogP contribution in [0.1, 0.15) is 12.5 Å². The molecule has 0 saturated carbocycles. The van der Waals surface area contributed by atoms with Crippen LogP contribution in [-0.2, 0) is 5.60 Å². The molecular weight excluding hydrogens is 265 g/mol. The van der Waals surface area contributed by atoms with Gasteiger partial charge in [-0.3, -0.25) is 0 Å². The summed E-state index contributed by atoms with van der Waals surface area (Å²) in [5, 5.41) is 13.7. The first kappa shape index (κ1) is 13.8. The normalized spacial score (nSPS) is 13.9. The zero-order chi connectivity index (χ0) is 13.9. The molecule has 0 radical (unpaired) electrons. The number of anilines is 1. The number of hydrogen-bond donors (Lipinski definition) is 2. The molecular formula is C15H15ClFNO. The summed E-state index contributed by atoms with van der Waals surface area (Å²) in [6.07, 6.45) is 0. The summed E-state index contributed by atoms with van der Waals surface area (Å²) in [5.74, 6) is -0.395. The Balaban J connectivity index is 2.12. The monoisotopic (exact) mass is 279 g/mol. The number of hydrogen-bond acceptors (Lipinski definition) is 2. The van der Waals surface area contributed by atoms with Gasteiger partial charge in [-0.05, 0) is 30.7 Å². The second kappa shape index (κ2) is 5.59. The Morgan fingerprint density at radius 2 is 1.89 bits per heavy atom. The number of rotatable bonds is 4. The molecule has 2 aromatic carbocycles. The lowest BCUT2D eigenvalue weighted by Crippen LogP contribution is -2.30. The number of halogens is 2. The van der Waals surface area contributed by atoms with Crippen molar-refractivity contribution < 1.29 is 9.50 Å². The SMILES string of the molecule is CC(O)(CNc1cc(Cl)ccc1F)c1ccccc1. The molecule has 19 heavy (non-hydrogen) atoms. The van der Waals surface area contributed by atoms with Crippen LogP contribution in [0.5, 0.6) is 0 Å². The molecule has 0 fully saturated rings. The van der Waals surface area contributed by atoms with Crippen LogP contribution in [0.15, 0.2) is 48.5 Å². The number of nitrogens with one attached hydrogen (secondary N) is 1. The molecule has 0 spiro atoms. The number of benzene rings is 2. The third-order valence-electron chi connectivity index (χ3n) is 2.95. The molecule has 0 heterocycles. The third-order valence-corrected chi connectivity index (χ3v) is 3.18. The zero-order valence-corrected chi connectivity index (χ0v) is 11.3. The third kappa shape index (κ3) is 3.46. The van der Waals surface area contributed by atoms with Crippen molar-refractivity contribution in [2.45, 2.75) is 12.5 Å². The molecule has 0 aromatic heterocycles. The smallest absolute Gasteiger partial charge is 0.146 e. The minimum Gasteiger partial charge on any atom is -0.384 e. The van der Waals surface area contributed by atoms with Crippen LogP contribution in [0.2, 0.25) is 5.02 Å². The Morgan fingerprint density at radius 1 is 1.21 bits per heavy atom. The molecule has 0 aliphatic rings. The van der Waals surface area contributed by atoms with Gasteiger partial charge in [-0.15, -0.1) is 0 Å². The lowest BCUT2D eigenvalue weighted by atomic mass is 9.96. The van der Waals surface area contributed by atoms with E-state index in [0.717, 1.165) is 5.56 Å². The van der Waals surface area contributed by atoms with Gasteiger partial charge in [0.1, 0.15) is 11.4 Å². The van der Waals surface area contributed by atoms with Gasteiger partial charge in [0, 0.05) is 11.6 Å². The van der Waals surface area contributed by atoms with Crippen molar-refractivity contribution in [3.05, 3.63) is 64.9 Å². The fourth-order valence-corrected chi connectivity index (χ4v) is 1.97. The van der Waals surface area contributed by atoms with Crippen LogP contribution in [-0.4, -0.2) is 11.7 Å². The Bertz CT molecular complexity index is 557. The van der Waals surface area contributed by atoms with E-state index in [4.69, 9.17) is 11.6 Å². The maximum atomic E-state index is 13.5. The maximum Gasteiger partial charge on any atom is 0.146 e. The summed E-state index contributed by atoms with van der Waals surface area (Å²) < 4.78 is 13.5. The fraction of sp³-hybridized carbons (Fsp3) is 0.200. The van der Waals surface area contributed by atoms with Crippen LogP contribution >= 0.6 is 11.6 Å². The maximum absolute atomic E-state index is 13.5. The molecule has 2 aromatic rings. The zero-order valence-electron chi connectivity index (χ0n) is 10.5. The molecule has 0 aliphatic heterocycles. The molecule has 0 saturated heterocycles. The van der Waals surface area contributed by atoms with Gasteiger partial charge in [0.05, 0.1) is 5.69 Å². The van der Waals surface area contributed by atoms with Gasteiger partial charge in [-0.2, -0.15) is 0 Å². The summed E-state index contributed by atoms with van der Waals surface area (Å²) in [6, 6.07) is 13.5. The first-order valence-electron chi connectivity index (χ1n) is 5.96. The van der Waals surface area contributed by atoms with Crippen molar-refractivity contribution in [3.63, 3.8) is 0 Å². The van der Waals surface area contributed by atoms with Crippen molar-refractivity contribution >= 4 is 17.3 Å². The second-order valence-electron chi connectivity index (χ2n) is 4.62. The van der Waals surface area contributed by atoms with E-state index in [1.54, 1.807) is 6.92 Å². The van der Waals surface area contributed by atoms with E-state index in [-0.39, 0.29) is 12.2 Å². The van der Waals surface area contributed by atoms with Gasteiger partial charge < -0.3 is 10.4 Å². The van der Waals surface area contributed by atoms with Gasteiger partial charge in [-0.1, -0.05) is 41.9 Å². The van der Waals surface area contributed by atoms with Crippen LogP contribution < -0.4 is 5.32 Å². The standard InChI is InChI=1S/C15H15ClFNO/c1-15(19,11-5-3-2-4-6-11)10-18-14-9-12(16)7-8-13(14)17/h2-9,18-19H,10H2,1H3. The second-order valence-corrected chi connectivity index (χ2v) is 5.05. The molecule has 0 aliphatic carbocycles. The molecule has 0 amide bonds. The Kier molecular flexibility index (Phi) is 4.08. The lowest BCUT2D eigenvalue weighted by Gasteiger charge is -2.25. The predicted molar refractivity (Wildman–Crippen MR) is 75.9 cm³/mol. The fourth-order valence-electron chi connectivity index (χ4n) is 1.80. The van der Waals surface area contributed by atoms with Crippen molar-refractivity contribution in [3.8, 4) is 0 Å². The summed E-state index contributed by atoms with van der Waals surface area (Å²) in [5.41, 5.74) is -0.0376. The van der Waals surface area contributed by atoms with Crippen LogP contribution in [0.25, 0.3) is 0 Å². The molecule has 2 rings (SSSR count). The molecule has 4 heteroatoms. The Morgan fingerprint density at radius 3 is 2.58 bits per heavy atom. The van der Waals surface area contributed by atoms with E-state index >= 15 is 0 Å². The molecule has 0 bridgehead atoms. The first-order valence-corrected chi connectivity index (χ1v) is 6.34. The van der Waals surface area contributed by atoms with E-state index in [0.29, 0.717) is 5.02 Å². The molecule has 2 N–H and O–H groups in total. The van der Waals surface area contributed by atoms with E-state index in [1.807, 2.05) is 30.3 Å². The van der Waals surface area contributed by atoms with Crippen molar-refractivity contribution in [1.82, 2.24) is 0 Å².